The molecule has 2 rings (SSSR count). The van der Waals surface area contributed by atoms with Gasteiger partial charge in [0.1, 0.15) is 5.75 Å². The summed E-state index contributed by atoms with van der Waals surface area (Å²) in [5.74, 6) is -1.53. The number of hydrogen-bond acceptors (Lipinski definition) is 3. The first-order valence-corrected chi connectivity index (χ1v) is 6.66. The lowest BCUT2D eigenvalue weighted by Crippen LogP contribution is -2.11. The molecule has 2 aromatic rings. The molecule has 0 amide bonds. The van der Waals surface area contributed by atoms with Crippen molar-refractivity contribution in [3.05, 3.63) is 64.2 Å². The highest BCUT2D eigenvalue weighted by Gasteiger charge is 2.19. The molecule has 0 saturated carbocycles. The van der Waals surface area contributed by atoms with E-state index in [-0.39, 0.29) is 16.7 Å². The first-order valence-electron chi connectivity index (χ1n) is 6.66. The average Bonchev–Trinajstić information content (AvgIpc) is 2.47. The van der Waals surface area contributed by atoms with Crippen LogP contribution in [0.4, 0.5) is 0 Å². The molecule has 0 heterocycles. The van der Waals surface area contributed by atoms with E-state index in [1.165, 1.54) is 13.0 Å². The molecule has 2 N–H and O–H groups in total. The molecule has 22 heavy (non-hydrogen) atoms. The molecule has 0 saturated heterocycles. The Labute approximate surface area is 127 Å². The molecular formula is C17H16O5. The molecule has 0 aromatic heterocycles. The Morgan fingerprint density at radius 3 is 2.14 bits per heavy atom. The summed E-state index contributed by atoms with van der Waals surface area (Å²) in [7, 11) is 1.57. The van der Waals surface area contributed by atoms with Crippen molar-refractivity contribution in [3.8, 4) is 5.75 Å². The zero-order valence-corrected chi connectivity index (χ0v) is 12.3. The lowest BCUT2D eigenvalue weighted by Gasteiger charge is -2.12. The summed E-state index contributed by atoms with van der Waals surface area (Å²) in [6, 6.07) is 10.3. The lowest BCUT2D eigenvalue weighted by atomic mass is 9.93. The molecule has 0 radical (unpaired) electrons. The second-order valence-electron chi connectivity index (χ2n) is 4.91. The van der Waals surface area contributed by atoms with Crippen LogP contribution in [0.15, 0.2) is 36.4 Å². The summed E-state index contributed by atoms with van der Waals surface area (Å²) in [5.41, 5.74) is 1.84. The Balaban J connectivity index is 2.43. The second kappa shape index (κ2) is 6.30. The third-order valence-electron chi connectivity index (χ3n) is 3.55. The number of carboxylic acid groups (broad SMARTS) is 2. The van der Waals surface area contributed by atoms with E-state index in [1.807, 2.05) is 12.1 Å². The summed E-state index contributed by atoms with van der Waals surface area (Å²) in [6.07, 6.45) is 0.409. The van der Waals surface area contributed by atoms with Gasteiger partial charge in [0.2, 0.25) is 0 Å². The van der Waals surface area contributed by atoms with E-state index in [1.54, 1.807) is 25.3 Å². The number of carbonyl (C=O) groups is 2. The molecule has 0 spiro atoms. The minimum atomic E-state index is -1.13. The van der Waals surface area contributed by atoms with E-state index in [0.29, 0.717) is 12.0 Å². The van der Waals surface area contributed by atoms with Crippen molar-refractivity contribution in [2.75, 3.05) is 7.11 Å². The van der Waals surface area contributed by atoms with Crippen LogP contribution in [-0.2, 0) is 6.42 Å². The van der Waals surface area contributed by atoms with Crippen LogP contribution in [0.3, 0.4) is 0 Å². The molecule has 0 aliphatic rings. The van der Waals surface area contributed by atoms with Gasteiger partial charge in [-0.25, -0.2) is 9.59 Å². The maximum atomic E-state index is 11.5. The number of rotatable bonds is 5. The maximum absolute atomic E-state index is 11.5. The van der Waals surface area contributed by atoms with Crippen LogP contribution in [0.1, 0.15) is 37.4 Å². The highest BCUT2D eigenvalue weighted by atomic mass is 16.5. The van der Waals surface area contributed by atoms with Crippen LogP contribution in [-0.4, -0.2) is 29.3 Å². The largest absolute Gasteiger partial charge is 0.497 e. The predicted molar refractivity (Wildman–Crippen MR) is 80.9 cm³/mol. The molecule has 5 heteroatoms. The smallest absolute Gasteiger partial charge is 0.336 e. The van der Waals surface area contributed by atoms with Gasteiger partial charge >= 0.3 is 11.9 Å². The Kier molecular flexibility index (Phi) is 4.46. The lowest BCUT2D eigenvalue weighted by molar-refractivity contribution is 0.0695. The normalized spacial score (nSPS) is 10.3. The van der Waals surface area contributed by atoms with Crippen molar-refractivity contribution < 1.29 is 24.5 Å². The summed E-state index contributed by atoms with van der Waals surface area (Å²) in [6.45, 7) is 1.52. The number of methoxy groups -OCH3 is 1. The minimum absolute atomic E-state index is 0.0101. The monoisotopic (exact) mass is 300 g/mol. The molecule has 5 nitrogen and oxygen atoms in total. The van der Waals surface area contributed by atoms with Gasteiger partial charge in [-0.1, -0.05) is 18.2 Å². The summed E-state index contributed by atoms with van der Waals surface area (Å²) < 4.78 is 5.08. The van der Waals surface area contributed by atoms with Crippen LogP contribution in [0.25, 0.3) is 0 Å². The van der Waals surface area contributed by atoms with Crippen LogP contribution in [0.2, 0.25) is 0 Å². The molecule has 2 aromatic carbocycles. The SMILES string of the molecule is COc1ccc(Cc2ccc(C(=O)O)c(C)c2C(=O)O)cc1. The number of ether oxygens (including phenoxy) is 1. The zero-order chi connectivity index (χ0) is 16.3. The van der Waals surface area contributed by atoms with E-state index in [0.717, 1.165) is 11.3 Å². The minimum Gasteiger partial charge on any atom is -0.497 e. The Hall–Kier alpha value is -2.82. The number of hydrogen-bond donors (Lipinski definition) is 2. The molecule has 114 valence electrons. The second-order valence-corrected chi connectivity index (χ2v) is 4.91. The zero-order valence-electron chi connectivity index (χ0n) is 12.3. The number of aromatic carboxylic acids is 2. The van der Waals surface area contributed by atoms with Crippen LogP contribution >= 0.6 is 0 Å². The first-order chi connectivity index (χ1) is 10.4. The summed E-state index contributed by atoms with van der Waals surface area (Å²) >= 11 is 0. The summed E-state index contributed by atoms with van der Waals surface area (Å²) in [5, 5.41) is 18.5. The fourth-order valence-electron chi connectivity index (χ4n) is 2.41. The highest BCUT2D eigenvalue weighted by molar-refractivity contribution is 5.97. The van der Waals surface area contributed by atoms with E-state index in [9.17, 15) is 14.7 Å². The molecule has 0 bridgehead atoms. The Morgan fingerprint density at radius 2 is 1.64 bits per heavy atom. The van der Waals surface area contributed by atoms with E-state index >= 15 is 0 Å². The van der Waals surface area contributed by atoms with Crippen molar-refractivity contribution in [1.82, 2.24) is 0 Å². The average molecular weight is 300 g/mol. The fourth-order valence-corrected chi connectivity index (χ4v) is 2.41. The maximum Gasteiger partial charge on any atom is 0.336 e. The standard InChI is InChI=1S/C17H16O5/c1-10-14(16(18)19)8-5-12(15(10)17(20)21)9-11-3-6-13(22-2)7-4-11/h3-8H,9H2,1-2H3,(H,18,19)(H,20,21). The van der Waals surface area contributed by atoms with Gasteiger partial charge in [-0.2, -0.15) is 0 Å². The third-order valence-corrected chi connectivity index (χ3v) is 3.55. The van der Waals surface area contributed by atoms with E-state index in [4.69, 9.17) is 9.84 Å². The van der Waals surface area contributed by atoms with Crippen molar-refractivity contribution in [1.29, 1.82) is 0 Å². The molecule has 0 atom stereocenters. The van der Waals surface area contributed by atoms with Crippen LogP contribution in [0.5, 0.6) is 5.75 Å². The van der Waals surface area contributed by atoms with Gasteiger partial charge < -0.3 is 14.9 Å². The van der Waals surface area contributed by atoms with Gasteiger partial charge in [-0.3, -0.25) is 0 Å². The Morgan fingerprint density at radius 1 is 1.00 bits per heavy atom. The van der Waals surface area contributed by atoms with Gasteiger partial charge in [0.25, 0.3) is 0 Å². The molecule has 0 aliphatic heterocycles. The van der Waals surface area contributed by atoms with Gasteiger partial charge in [-0.05, 0) is 48.2 Å². The molecule has 0 fully saturated rings. The summed E-state index contributed by atoms with van der Waals surface area (Å²) in [4.78, 5) is 22.6. The molecular weight excluding hydrogens is 284 g/mol. The Bertz CT molecular complexity index is 717. The molecule has 0 aliphatic carbocycles. The third kappa shape index (κ3) is 3.09. The van der Waals surface area contributed by atoms with Gasteiger partial charge in [0.05, 0.1) is 18.2 Å². The van der Waals surface area contributed by atoms with Gasteiger partial charge in [0.15, 0.2) is 0 Å². The van der Waals surface area contributed by atoms with Crippen LogP contribution < -0.4 is 4.74 Å². The van der Waals surface area contributed by atoms with Gasteiger partial charge in [-0.15, -0.1) is 0 Å². The predicted octanol–water partition coefficient (Wildman–Crippen LogP) is 2.99. The van der Waals surface area contributed by atoms with Crippen molar-refractivity contribution in [2.24, 2.45) is 0 Å². The number of carboxylic acids is 2. The fraction of sp³-hybridized carbons (Fsp3) is 0.176. The van der Waals surface area contributed by atoms with Crippen molar-refractivity contribution in [2.45, 2.75) is 13.3 Å². The van der Waals surface area contributed by atoms with Gasteiger partial charge in [0, 0.05) is 0 Å². The van der Waals surface area contributed by atoms with Crippen molar-refractivity contribution >= 4 is 11.9 Å². The van der Waals surface area contributed by atoms with Crippen molar-refractivity contribution in [3.63, 3.8) is 0 Å². The topological polar surface area (TPSA) is 83.8 Å². The first kappa shape index (κ1) is 15.6. The van der Waals surface area contributed by atoms with E-state index in [2.05, 4.69) is 0 Å². The number of benzene rings is 2. The van der Waals surface area contributed by atoms with E-state index < -0.39 is 11.9 Å². The highest BCUT2D eigenvalue weighted by Crippen LogP contribution is 2.23. The van der Waals surface area contributed by atoms with Crippen LogP contribution in [0, 0.1) is 6.92 Å². The molecule has 0 unspecified atom stereocenters. The quantitative estimate of drug-likeness (QED) is 0.886.